The van der Waals surface area contributed by atoms with E-state index < -0.39 is 0 Å². The van der Waals surface area contributed by atoms with Crippen LogP contribution in [-0.2, 0) is 6.54 Å². The van der Waals surface area contributed by atoms with E-state index in [9.17, 15) is 0 Å². The van der Waals surface area contributed by atoms with Crippen LogP contribution >= 0.6 is 22.9 Å². The van der Waals surface area contributed by atoms with Crippen LogP contribution in [0, 0.1) is 13.8 Å². The van der Waals surface area contributed by atoms with E-state index in [1.165, 1.54) is 15.3 Å². The maximum absolute atomic E-state index is 5.81. The third-order valence-electron chi connectivity index (χ3n) is 2.32. The molecule has 16 heavy (non-hydrogen) atoms. The topological polar surface area (TPSA) is 24.9 Å². The number of hydrogen-bond donors (Lipinski definition) is 1. The molecule has 0 fully saturated rings. The highest BCUT2D eigenvalue weighted by atomic mass is 35.5. The summed E-state index contributed by atoms with van der Waals surface area (Å²) in [5.41, 5.74) is 1.32. The van der Waals surface area contributed by atoms with Gasteiger partial charge in [0, 0.05) is 16.3 Å². The molecule has 0 saturated heterocycles. The van der Waals surface area contributed by atoms with Gasteiger partial charge >= 0.3 is 0 Å². The van der Waals surface area contributed by atoms with Crippen LogP contribution in [-0.4, -0.2) is 4.98 Å². The summed E-state index contributed by atoms with van der Waals surface area (Å²) in [5, 5.41) is 3.78. The number of anilines is 1. The summed E-state index contributed by atoms with van der Waals surface area (Å²) in [6.45, 7) is 5.06. The van der Waals surface area contributed by atoms with Crippen molar-refractivity contribution in [3.8, 4) is 0 Å². The fourth-order valence-electron chi connectivity index (χ4n) is 1.55. The first-order valence-electron chi connectivity index (χ1n) is 5.07. The van der Waals surface area contributed by atoms with Crippen LogP contribution < -0.4 is 5.32 Å². The number of nitrogens with zero attached hydrogens (tertiary/aromatic N) is 1. The van der Waals surface area contributed by atoms with Crippen molar-refractivity contribution in [3.63, 3.8) is 0 Å². The van der Waals surface area contributed by atoms with E-state index in [0.717, 1.165) is 12.4 Å². The van der Waals surface area contributed by atoms with E-state index in [2.05, 4.69) is 30.2 Å². The van der Waals surface area contributed by atoms with Gasteiger partial charge in [-0.3, -0.25) is 0 Å². The average molecular weight is 253 g/mol. The molecule has 0 unspecified atom stereocenters. The summed E-state index contributed by atoms with van der Waals surface area (Å²) in [4.78, 5) is 6.88. The molecule has 0 aromatic carbocycles. The molecule has 0 aliphatic carbocycles. The summed E-state index contributed by atoms with van der Waals surface area (Å²) < 4.78 is 0. The Bertz CT molecular complexity index is 494. The Morgan fingerprint density at radius 3 is 2.81 bits per heavy atom. The van der Waals surface area contributed by atoms with Crippen LogP contribution in [0.4, 0.5) is 5.82 Å². The van der Waals surface area contributed by atoms with Crippen molar-refractivity contribution in [2.75, 3.05) is 5.32 Å². The van der Waals surface area contributed by atoms with Crippen LogP contribution in [0.5, 0.6) is 0 Å². The number of thiophene rings is 1. The SMILES string of the molecule is Cc1cc(CNc2cccc(Cl)n2)c(C)s1. The largest absolute Gasteiger partial charge is 0.366 e. The van der Waals surface area contributed by atoms with Crippen LogP contribution in [0.1, 0.15) is 15.3 Å². The molecule has 2 aromatic rings. The Morgan fingerprint density at radius 1 is 1.38 bits per heavy atom. The van der Waals surface area contributed by atoms with Crippen molar-refractivity contribution in [1.82, 2.24) is 4.98 Å². The molecule has 0 bridgehead atoms. The van der Waals surface area contributed by atoms with Crippen LogP contribution in [0.2, 0.25) is 5.15 Å². The average Bonchev–Trinajstić information content (AvgIpc) is 2.54. The minimum absolute atomic E-state index is 0.517. The fraction of sp³-hybridized carbons (Fsp3) is 0.250. The van der Waals surface area contributed by atoms with Crippen molar-refractivity contribution < 1.29 is 0 Å². The molecular weight excluding hydrogens is 240 g/mol. The number of halogens is 1. The molecule has 2 aromatic heterocycles. The normalized spacial score (nSPS) is 10.4. The van der Waals surface area contributed by atoms with Crippen molar-refractivity contribution in [2.45, 2.75) is 20.4 Å². The first-order valence-corrected chi connectivity index (χ1v) is 6.27. The molecular formula is C12H13ClN2S. The van der Waals surface area contributed by atoms with Gasteiger partial charge in [-0.2, -0.15) is 0 Å². The Balaban J connectivity index is 2.05. The predicted molar refractivity (Wildman–Crippen MR) is 70.4 cm³/mol. The lowest BCUT2D eigenvalue weighted by atomic mass is 10.2. The van der Waals surface area contributed by atoms with Gasteiger partial charge in [0.05, 0.1) is 0 Å². The quantitative estimate of drug-likeness (QED) is 0.835. The zero-order valence-corrected chi connectivity index (χ0v) is 10.8. The van der Waals surface area contributed by atoms with E-state index >= 15 is 0 Å². The van der Waals surface area contributed by atoms with Gasteiger partial charge in [0.25, 0.3) is 0 Å². The van der Waals surface area contributed by atoms with Gasteiger partial charge in [-0.15, -0.1) is 11.3 Å². The number of nitrogens with one attached hydrogen (secondary N) is 1. The molecule has 2 rings (SSSR count). The fourth-order valence-corrected chi connectivity index (χ4v) is 2.66. The molecule has 0 aliphatic rings. The lowest BCUT2D eigenvalue weighted by molar-refractivity contribution is 1.11. The molecule has 0 aliphatic heterocycles. The molecule has 2 heterocycles. The molecule has 0 radical (unpaired) electrons. The van der Waals surface area contributed by atoms with Gasteiger partial charge < -0.3 is 5.32 Å². The molecule has 4 heteroatoms. The standard InChI is InChI=1S/C12H13ClN2S/c1-8-6-10(9(2)16-8)7-14-12-5-3-4-11(13)15-12/h3-6H,7H2,1-2H3,(H,14,15). The van der Waals surface area contributed by atoms with E-state index in [0.29, 0.717) is 5.15 Å². The van der Waals surface area contributed by atoms with Crippen LogP contribution in [0.15, 0.2) is 24.3 Å². The highest BCUT2D eigenvalue weighted by molar-refractivity contribution is 7.12. The third-order valence-corrected chi connectivity index (χ3v) is 3.54. The second kappa shape index (κ2) is 4.85. The third kappa shape index (κ3) is 2.74. The van der Waals surface area contributed by atoms with Gasteiger partial charge in [-0.05, 0) is 37.6 Å². The molecule has 0 saturated carbocycles. The maximum atomic E-state index is 5.81. The van der Waals surface area contributed by atoms with Crippen molar-refractivity contribution in [3.05, 3.63) is 44.7 Å². The van der Waals surface area contributed by atoms with Gasteiger partial charge in [-0.25, -0.2) is 4.98 Å². The second-order valence-corrected chi connectivity index (χ2v) is 5.49. The monoisotopic (exact) mass is 252 g/mol. The molecule has 1 N–H and O–H groups in total. The Hall–Kier alpha value is -1.06. The second-order valence-electron chi connectivity index (χ2n) is 3.64. The van der Waals surface area contributed by atoms with Crippen molar-refractivity contribution >= 4 is 28.8 Å². The van der Waals surface area contributed by atoms with Gasteiger partial charge in [-0.1, -0.05) is 17.7 Å². The number of rotatable bonds is 3. The van der Waals surface area contributed by atoms with E-state index in [1.807, 2.05) is 23.5 Å². The van der Waals surface area contributed by atoms with Gasteiger partial charge in [0.1, 0.15) is 11.0 Å². The van der Waals surface area contributed by atoms with Gasteiger partial charge in [0.2, 0.25) is 0 Å². The van der Waals surface area contributed by atoms with E-state index in [-0.39, 0.29) is 0 Å². The van der Waals surface area contributed by atoms with Gasteiger partial charge in [0.15, 0.2) is 0 Å². The molecule has 2 nitrogen and oxygen atoms in total. The minimum Gasteiger partial charge on any atom is -0.366 e. The predicted octanol–water partition coefficient (Wildman–Crippen LogP) is 4.03. The number of aromatic nitrogens is 1. The first-order chi connectivity index (χ1) is 7.65. The number of aryl methyl sites for hydroxylation is 2. The highest BCUT2D eigenvalue weighted by Crippen LogP contribution is 2.21. The minimum atomic E-state index is 0.517. The Kier molecular flexibility index (Phi) is 3.46. The van der Waals surface area contributed by atoms with Crippen molar-refractivity contribution in [2.24, 2.45) is 0 Å². The maximum Gasteiger partial charge on any atom is 0.131 e. The van der Waals surface area contributed by atoms with Crippen LogP contribution in [0.3, 0.4) is 0 Å². The van der Waals surface area contributed by atoms with E-state index in [1.54, 1.807) is 6.07 Å². The molecule has 0 spiro atoms. The Morgan fingerprint density at radius 2 is 2.19 bits per heavy atom. The zero-order chi connectivity index (χ0) is 11.5. The summed E-state index contributed by atoms with van der Waals surface area (Å²) in [6.07, 6.45) is 0. The molecule has 0 atom stereocenters. The molecule has 0 amide bonds. The number of hydrogen-bond acceptors (Lipinski definition) is 3. The van der Waals surface area contributed by atoms with E-state index in [4.69, 9.17) is 11.6 Å². The number of pyridine rings is 1. The summed E-state index contributed by atoms with van der Waals surface area (Å²) in [7, 11) is 0. The smallest absolute Gasteiger partial charge is 0.131 e. The summed E-state index contributed by atoms with van der Waals surface area (Å²) in [5.74, 6) is 0.816. The Labute approximate surface area is 104 Å². The molecule has 84 valence electrons. The lowest BCUT2D eigenvalue weighted by Crippen LogP contribution is -2.01. The first kappa shape index (κ1) is 11.4. The lowest BCUT2D eigenvalue weighted by Gasteiger charge is -2.04. The van der Waals surface area contributed by atoms with Crippen molar-refractivity contribution in [1.29, 1.82) is 0 Å². The summed E-state index contributed by atoms with van der Waals surface area (Å²) >= 11 is 7.63. The zero-order valence-electron chi connectivity index (χ0n) is 9.25. The van der Waals surface area contributed by atoms with Crippen LogP contribution in [0.25, 0.3) is 0 Å². The highest BCUT2D eigenvalue weighted by Gasteiger charge is 2.02. The summed E-state index contributed by atoms with van der Waals surface area (Å²) in [6, 6.07) is 7.79.